The van der Waals surface area contributed by atoms with Gasteiger partial charge in [0, 0.05) is 6.92 Å². The normalized spacial score (nSPS) is 21.6. The van der Waals surface area contributed by atoms with Gasteiger partial charge in [0.2, 0.25) is 0 Å². The van der Waals surface area contributed by atoms with Crippen molar-refractivity contribution in [3.8, 4) is 0 Å². The SMILES string of the molecule is CC1=[N+]([O-])[C@](C)(c2ccc(F)cc2)[N+](O)=C1c1ccccc1. The first-order valence-electron chi connectivity index (χ1n) is 6.95. The third kappa shape index (κ3) is 1.89. The summed E-state index contributed by atoms with van der Waals surface area (Å²) in [6.45, 7) is 3.26. The monoisotopic (exact) mass is 299 g/mol. The molecule has 1 aliphatic rings. The highest BCUT2D eigenvalue weighted by Gasteiger charge is 2.58. The van der Waals surface area contributed by atoms with Crippen LogP contribution < -0.4 is 0 Å². The molecule has 2 aromatic rings. The molecule has 0 unspecified atom stereocenters. The molecule has 4 nitrogen and oxygen atoms in total. The number of halogens is 1. The second-order valence-corrected chi connectivity index (χ2v) is 5.43. The lowest BCUT2D eigenvalue weighted by atomic mass is 10.0. The van der Waals surface area contributed by atoms with Crippen LogP contribution in [0.5, 0.6) is 0 Å². The highest BCUT2D eigenvalue weighted by molar-refractivity contribution is 6.44. The maximum atomic E-state index is 13.1. The summed E-state index contributed by atoms with van der Waals surface area (Å²) in [6, 6.07) is 14.8. The van der Waals surface area contributed by atoms with Crippen LogP contribution in [0.15, 0.2) is 54.6 Å². The van der Waals surface area contributed by atoms with E-state index in [1.807, 2.05) is 30.3 Å². The summed E-state index contributed by atoms with van der Waals surface area (Å²) in [5.74, 6) is -0.389. The first kappa shape index (κ1) is 14.3. The molecule has 1 N–H and O–H groups in total. The average molecular weight is 299 g/mol. The number of benzene rings is 2. The van der Waals surface area contributed by atoms with Crippen LogP contribution >= 0.6 is 0 Å². The zero-order valence-corrected chi connectivity index (χ0v) is 12.3. The van der Waals surface area contributed by atoms with Crippen molar-refractivity contribution in [1.29, 1.82) is 0 Å². The van der Waals surface area contributed by atoms with E-state index in [0.29, 0.717) is 17.0 Å². The highest BCUT2D eigenvalue weighted by atomic mass is 19.1. The third-order valence-electron chi connectivity index (χ3n) is 4.11. The molecule has 112 valence electrons. The van der Waals surface area contributed by atoms with Crippen molar-refractivity contribution in [2.24, 2.45) is 0 Å². The minimum atomic E-state index is -1.33. The van der Waals surface area contributed by atoms with E-state index in [9.17, 15) is 14.8 Å². The van der Waals surface area contributed by atoms with E-state index in [1.165, 1.54) is 24.3 Å². The molecule has 0 aliphatic carbocycles. The molecule has 5 heteroatoms. The maximum absolute atomic E-state index is 13.1. The summed E-state index contributed by atoms with van der Waals surface area (Å²) in [5.41, 5.74) is 0.775. The number of hydrogen-bond acceptors (Lipinski definition) is 2. The van der Waals surface area contributed by atoms with Crippen LogP contribution in [-0.4, -0.2) is 26.1 Å². The van der Waals surface area contributed by atoms with Crippen LogP contribution in [0.4, 0.5) is 4.39 Å². The Morgan fingerprint density at radius 2 is 1.64 bits per heavy atom. The zero-order valence-electron chi connectivity index (χ0n) is 12.3. The van der Waals surface area contributed by atoms with E-state index in [4.69, 9.17) is 0 Å². The van der Waals surface area contributed by atoms with Crippen LogP contribution in [0.1, 0.15) is 25.0 Å². The molecule has 1 aliphatic heterocycles. The molecule has 0 fully saturated rings. The largest absolute Gasteiger partial charge is 0.618 e. The van der Waals surface area contributed by atoms with Crippen LogP contribution in [0.2, 0.25) is 0 Å². The molecule has 0 aromatic heterocycles. The Balaban J connectivity index is 2.21. The summed E-state index contributed by atoms with van der Waals surface area (Å²) in [7, 11) is 0. The Morgan fingerprint density at radius 3 is 2.23 bits per heavy atom. The van der Waals surface area contributed by atoms with Gasteiger partial charge in [-0.25, -0.2) is 4.39 Å². The number of hydroxylamine groups is 2. The molecule has 0 spiro atoms. The number of hydrogen-bond donors (Lipinski definition) is 1. The van der Waals surface area contributed by atoms with Gasteiger partial charge in [-0.1, -0.05) is 18.2 Å². The fraction of sp³-hybridized carbons (Fsp3) is 0.176. The predicted octanol–water partition coefficient (Wildman–Crippen LogP) is 2.87. The highest BCUT2D eigenvalue weighted by Crippen LogP contribution is 2.30. The van der Waals surface area contributed by atoms with Gasteiger partial charge in [0.25, 0.3) is 5.71 Å². The maximum Gasteiger partial charge on any atom is 0.431 e. The van der Waals surface area contributed by atoms with Gasteiger partial charge in [0.1, 0.15) is 11.4 Å². The summed E-state index contributed by atoms with van der Waals surface area (Å²) < 4.78 is 14.8. The Bertz CT molecular complexity index is 782. The molecule has 3 rings (SSSR count). The molecule has 0 amide bonds. The predicted molar refractivity (Wildman–Crippen MR) is 80.7 cm³/mol. The third-order valence-corrected chi connectivity index (χ3v) is 4.11. The molecular weight excluding hydrogens is 283 g/mol. The minimum Gasteiger partial charge on any atom is -0.618 e. The molecule has 2 aromatic carbocycles. The molecule has 0 bridgehead atoms. The van der Waals surface area contributed by atoms with E-state index in [-0.39, 0.29) is 5.82 Å². The van der Waals surface area contributed by atoms with Gasteiger partial charge in [0.15, 0.2) is 0 Å². The van der Waals surface area contributed by atoms with Gasteiger partial charge < -0.3 is 5.21 Å². The Labute approximate surface area is 127 Å². The summed E-state index contributed by atoms with van der Waals surface area (Å²) in [5, 5.41) is 23.3. The van der Waals surface area contributed by atoms with Gasteiger partial charge in [-0.2, -0.15) is 0 Å². The lowest BCUT2D eigenvalue weighted by Gasteiger charge is -2.17. The van der Waals surface area contributed by atoms with Crippen molar-refractivity contribution in [2.45, 2.75) is 19.5 Å². The van der Waals surface area contributed by atoms with Crippen molar-refractivity contribution in [3.05, 3.63) is 76.7 Å². The molecular formula is C17H16FN2O2+. The summed E-state index contributed by atoms with van der Waals surface area (Å²) >= 11 is 0. The second-order valence-electron chi connectivity index (χ2n) is 5.43. The van der Waals surface area contributed by atoms with E-state index in [1.54, 1.807) is 13.8 Å². The molecule has 22 heavy (non-hydrogen) atoms. The van der Waals surface area contributed by atoms with Gasteiger partial charge >= 0.3 is 11.4 Å². The lowest BCUT2D eigenvalue weighted by molar-refractivity contribution is -0.929. The van der Waals surface area contributed by atoms with Crippen LogP contribution in [0.25, 0.3) is 0 Å². The van der Waals surface area contributed by atoms with Gasteiger partial charge in [-0.15, -0.1) is 4.74 Å². The second kappa shape index (κ2) is 4.94. The van der Waals surface area contributed by atoms with Crippen LogP contribution in [0, 0.1) is 11.0 Å². The van der Waals surface area contributed by atoms with Crippen molar-refractivity contribution in [3.63, 3.8) is 0 Å². The van der Waals surface area contributed by atoms with E-state index < -0.39 is 5.66 Å². The van der Waals surface area contributed by atoms with Crippen LogP contribution in [0.3, 0.4) is 0 Å². The molecule has 0 saturated heterocycles. The van der Waals surface area contributed by atoms with Gasteiger partial charge in [0.05, 0.1) is 17.2 Å². The van der Waals surface area contributed by atoms with Gasteiger partial charge in [-0.3, -0.25) is 5.21 Å². The Kier molecular flexibility index (Phi) is 3.20. The van der Waals surface area contributed by atoms with Crippen molar-refractivity contribution >= 4 is 11.4 Å². The quantitative estimate of drug-likeness (QED) is 0.526. The Hall–Kier alpha value is -2.69. The van der Waals surface area contributed by atoms with E-state index >= 15 is 0 Å². The molecule has 0 saturated carbocycles. The first-order valence-corrected chi connectivity index (χ1v) is 6.95. The topological polar surface area (TPSA) is 49.3 Å². The smallest absolute Gasteiger partial charge is 0.431 e. The average Bonchev–Trinajstić information content (AvgIpc) is 2.71. The minimum absolute atomic E-state index is 0.389. The fourth-order valence-corrected chi connectivity index (χ4v) is 2.81. The lowest BCUT2D eigenvalue weighted by Crippen LogP contribution is -2.40. The van der Waals surface area contributed by atoms with Gasteiger partial charge in [-0.05, 0) is 36.4 Å². The Morgan fingerprint density at radius 1 is 1.05 bits per heavy atom. The van der Waals surface area contributed by atoms with E-state index in [2.05, 4.69) is 0 Å². The van der Waals surface area contributed by atoms with Crippen molar-refractivity contribution < 1.29 is 19.1 Å². The van der Waals surface area contributed by atoms with Crippen molar-refractivity contribution in [2.75, 3.05) is 0 Å². The van der Waals surface area contributed by atoms with E-state index in [0.717, 1.165) is 15.0 Å². The number of nitrogens with zero attached hydrogens (tertiary/aromatic N) is 2. The standard InChI is InChI=1S/C17H16FN2O2/c1-12-16(13-6-4-3-5-7-13)20(22)17(2,19(12)21)14-8-10-15(18)11-9-14/h3-11,22H,1-2H3/q+1/t17-/m0/s1. The summed E-state index contributed by atoms with van der Waals surface area (Å²) in [6.07, 6.45) is 0. The van der Waals surface area contributed by atoms with Crippen molar-refractivity contribution in [1.82, 2.24) is 0 Å². The molecule has 1 heterocycles. The first-order chi connectivity index (χ1) is 10.5. The number of rotatable bonds is 2. The van der Waals surface area contributed by atoms with Crippen LogP contribution in [-0.2, 0) is 5.66 Å². The summed E-state index contributed by atoms with van der Waals surface area (Å²) in [4.78, 5) is 0. The zero-order chi connectivity index (χ0) is 15.9. The molecule has 0 radical (unpaired) electrons. The molecule has 1 atom stereocenters. The fourth-order valence-electron chi connectivity index (χ4n) is 2.81.